The van der Waals surface area contributed by atoms with E-state index in [0.717, 1.165) is 12.3 Å². The predicted octanol–water partition coefficient (Wildman–Crippen LogP) is 1.70. The van der Waals surface area contributed by atoms with E-state index in [0.29, 0.717) is 12.1 Å². The standard InChI is InChI=1S/C15H16FNO2/c16-14-10-12(2-1-9-18)5-6-13(14)15(19)17-8-7-11-3-4-11/h5-6,10-11,18H,3-4,7-9H2,(H,17,19). The molecular weight excluding hydrogens is 245 g/mol. The van der Waals surface area contributed by atoms with E-state index in [1.54, 1.807) is 6.07 Å². The second-order valence-corrected chi connectivity index (χ2v) is 4.64. The predicted molar refractivity (Wildman–Crippen MR) is 70.0 cm³/mol. The Labute approximate surface area is 111 Å². The molecule has 1 aromatic rings. The van der Waals surface area contributed by atoms with Gasteiger partial charge in [-0.15, -0.1) is 0 Å². The number of aliphatic hydroxyl groups excluding tert-OH is 1. The van der Waals surface area contributed by atoms with E-state index in [1.807, 2.05) is 0 Å². The van der Waals surface area contributed by atoms with Gasteiger partial charge in [-0.2, -0.15) is 0 Å². The van der Waals surface area contributed by atoms with Gasteiger partial charge in [-0.3, -0.25) is 4.79 Å². The van der Waals surface area contributed by atoms with Gasteiger partial charge in [-0.05, 0) is 30.5 Å². The number of hydrogen-bond donors (Lipinski definition) is 2. The number of halogens is 1. The molecule has 0 aliphatic heterocycles. The summed E-state index contributed by atoms with van der Waals surface area (Å²) in [6, 6.07) is 4.20. The Kier molecular flexibility index (Phi) is 4.53. The monoisotopic (exact) mass is 261 g/mol. The van der Waals surface area contributed by atoms with Crippen LogP contribution in [0.3, 0.4) is 0 Å². The van der Waals surface area contributed by atoms with Crippen LogP contribution in [0.5, 0.6) is 0 Å². The molecule has 1 fully saturated rings. The molecule has 0 aromatic heterocycles. The number of hydrogen-bond acceptors (Lipinski definition) is 2. The molecule has 2 rings (SSSR count). The number of rotatable bonds is 4. The first-order chi connectivity index (χ1) is 9.20. The number of amides is 1. The SMILES string of the molecule is O=C(NCCC1CC1)c1ccc(C#CCO)cc1F. The Hall–Kier alpha value is -1.86. The maximum absolute atomic E-state index is 13.7. The maximum atomic E-state index is 13.7. The van der Waals surface area contributed by atoms with Crippen LogP contribution in [0.25, 0.3) is 0 Å². The second kappa shape index (κ2) is 6.35. The third-order valence-corrected chi connectivity index (χ3v) is 3.06. The van der Waals surface area contributed by atoms with Gasteiger partial charge in [-0.1, -0.05) is 24.7 Å². The van der Waals surface area contributed by atoms with Gasteiger partial charge in [0.25, 0.3) is 5.91 Å². The average molecular weight is 261 g/mol. The highest BCUT2D eigenvalue weighted by Gasteiger charge is 2.21. The number of aliphatic hydroxyl groups is 1. The fourth-order valence-electron chi connectivity index (χ4n) is 1.81. The molecule has 0 heterocycles. The van der Waals surface area contributed by atoms with E-state index in [2.05, 4.69) is 17.2 Å². The summed E-state index contributed by atoms with van der Waals surface area (Å²) in [6.45, 7) is 0.319. The molecule has 1 aliphatic carbocycles. The minimum absolute atomic E-state index is 0.0327. The van der Waals surface area contributed by atoms with Crippen LogP contribution in [0, 0.1) is 23.6 Å². The van der Waals surface area contributed by atoms with E-state index in [-0.39, 0.29) is 18.1 Å². The van der Waals surface area contributed by atoms with Crippen molar-refractivity contribution >= 4 is 5.91 Å². The molecule has 0 unspecified atom stereocenters. The second-order valence-electron chi connectivity index (χ2n) is 4.64. The van der Waals surface area contributed by atoms with Crippen molar-refractivity contribution in [1.29, 1.82) is 0 Å². The smallest absolute Gasteiger partial charge is 0.254 e. The Balaban J connectivity index is 1.96. The topological polar surface area (TPSA) is 49.3 Å². The minimum Gasteiger partial charge on any atom is -0.384 e. The lowest BCUT2D eigenvalue weighted by atomic mass is 10.1. The first-order valence-electron chi connectivity index (χ1n) is 6.38. The normalized spacial score (nSPS) is 13.6. The van der Waals surface area contributed by atoms with Crippen LogP contribution in [0.15, 0.2) is 18.2 Å². The van der Waals surface area contributed by atoms with E-state index in [4.69, 9.17) is 5.11 Å². The van der Waals surface area contributed by atoms with Crippen LogP contribution < -0.4 is 5.32 Å². The summed E-state index contributed by atoms with van der Waals surface area (Å²) in [4.78, 5) is 11.8. The molecule has 100 valence electrons. The fraction of sp³-hybridized carbons (Fsp3) is 0.400. The van der Waals surface area contributed by atoms with Crippen LogP contribution >= 0.6 is 0 Å². The van der Waals surface area contributed by atoms with Gasteiger partial charge in [0.1, 0.15) is 12.4 Å². The molecular formula is C15H16FNO2. The lowest BCUT2D eigenvalue weighted by molar-refractivity contribution is 0.0948. The Morgan fingerprint density at radius 2 is 2.26 bits per heavy atom. The average Bonchev–Trinajstić information content (AvgIpc) is 3.20. The van der Waals surface area contributed by atoms with Crippen LogP contribution in [-0.4, -0.2) is 24.2 Å². The zero-order chi connectivity index (χ0) is 13.7. The van der Waals surface area contributed by atoms with Crippen molar-refractivity contribution < 1.29 is 14.3 Å². The molecule has 1 amide bonds. The number of nitrogens with one attached hydrogen (secondary N) is 1. The summed E-state index contributed by atoms with van der Waals surface area (Å²) < 4.78 is 13.7. The van der Waals surface area contributed by atoms with Crippen LogP contribution in [0.4, 0.5) is 4.39 Å². The van der Waals surface area contributed by atoms with Crippen molar-refractivity contribution in [1.82, 2.24) is 5.32 Å². The largest absolute Gasteiger partial charge is 0.384 e. The van der Waals surface area contributed by atoms with Gasteiger partial charge in [0.05, 0.1) is 5.56 Å². The molecule has 4 heteroatoms. The molecule has 0 bridgehead atoms. The van der Waals surface area contributed by atoms with Gasteiger partial charge < -0.3 is 10.4 Å². The first-order valence-corrected chi connectivity index (χ1v) is 6.38. The summed E-state index contributed by atoms with van der Waals surface area (Å²) in [7, 11) is 0. The maximum Gasteiger partial charge on any atom is 0.254 e. The zero-order valence-corrected chi connectivity index (χ0v) is 10.6. The molecule has 1 aliphatic rings. The fourth-order valence-corrected chi connectivity index (χ4v) is 1.81. The lowest BCUT2D eigenvalue weighted by Crippen LogP contribution is -2.25. The summed E-state index contributed by atoms with van der Waals surface area (Å²) in [5.74, 6) is 4.79. The Morgan fingerprint density at radius 1 is 1.47 bits per heavy atom. The van der Waals surface area contributed by atoms with Gasteiger partial charge >= 0.3 is 0 Å². The van der Waals surface area contributed by atoms with Crippen molar-refractivity contribution in [2.75, 3.05) is 13.2 Å². The highest BCUT2D eigenvalue weighted by molar-refractivity contribution is 5.94. The van der Waals surface area contributed by atoms with E-state index < -0.39 is 5.82 Å². The molecule has 1 aromatic carbocycles. The van der Waals surface area contributed by atoms with Crippen LogP contribution in [-0.2, 0) is 0 Å². The number of carbonyl (C=O) groups excluding carboxylic acids is 1. The van der Waals surface area contributed by atoms with Crippen molar-refractivity contribution in [3.8, 4) is 11.8 Å². The molecule has 0 radical (unpaired) electrons. The van der Waals surface area contributed by atoms with E-state index in [9.17, 15) is 9.18 Å². The van der Waals surface area contributed by atoms with Crippen molar-refractivity contribution in [3.63, 3.8) is 0 Å². The third-order valence-electron chi connectivity index (χ3n) is 3.06. The highest BCUT2D eigenvalue weighted by Crippen LogP contribution is 2.31. The molecule has 3 nitrogen and oxygen atoms in total. The summed E-state index contributed by atoms with van der Waals surface area (Å²) in [5, 5.41) is 11.3. The van der Waals surface area contributed by atoms with Crippen molar-refractivity contribution in [2.24, 2.45) is 5.92 Å². The van der Waals surface area contributed by atoms with Crippen molar-refractivity contribution in [2.45, 2.75) is 19.3 Å². The summed E-state index contributed by atoms with van der Waals surface area (Å²) in [6.07, 6.45) is 3.44. The van der Waals surface area contributed by atoms with Gasteiger partial charge in [0.2, 0.25) is 0 Å². The highest BCUT2D eigenvalue weighted by atomic mass is 19.1. The third kappa shape index (κ3) is 4.08. The summed E-state index contributed by atoms with van der Waals surface area (Å²) >= 11 is 0. The van der Waals surface area contributed by atoms with Crippen molar-refractivity contribution in [3.05, 3.63) is 35.1 Å². The quantitative estimate of drug-likeness (QED) is 0.810. The first kappa shape index (κ1) is 13.6. The Bertz CT molecular complexity index is 527. The van der Waals surface area contributed by atoms with E-state index in [1.165, 1.54) is 25.0 Å². The van der Waals surface area contributed by atoms with Gasteiger partial charge in [0.15, 0.2) is 0 Å². The van der Waals surface area contributed by atoms with Crippen LogP contribution in [0.1, 0.15) is 35.2 Å². The number of carbonyl (C=O) groups is 1. The number of benzene rings is 1. The zero-order valence-electron chi connectivity index (χ0n) is 10.6. The minimum atomic E-state index is -0.589. The molecule has 2 N–H and O–H groups in total. The van der Waals surface area contributed by atoms with Crippen LogP contribution in [0.2, 0.25) is 0 Å². The molecule has 0 saturated heterocycles. The summed E-state index contributed by atoms with van der Waals surface area (Å²) in [5.41, 5.74) is 0.478. The molecule has 0 spiro atoms. The van der Waals surface area contributed by atoms with Gasteiger partial charge in [0, 0.05) is 12.1 Å². The lowest BCUT2D eigenvalue weighted by Gasteiger charge is -2.05. The Morgan fingerprint density at radius 3 is 2.89 bits per heavy atom. The molecule has 19 heavy (non-hydrogen) atoms. The van der Waals surface area contributed by atoms with Gasteiger partial charge in [-0.25, -0.2) is 4.39 Å². The molecule has 1 saturated carbocycles. The molecule has 0 atom stereocenters. The van der Waals surface area contributed by atoms with E-state index >= 15 is 0 Å².